The van der Waals surface area contributed by atoms with Crippen LogP contribution in [0.1, 0.15) is 21.5 Å². The number of nitrogens with zero attached hydrogens (tertiary/aromatic N) is 3. The number of carbonyl (C=O) groups is 1. The third kappa shape index (κ3) is 5.34. The largest absolute Gasteiger partial charge is 0.465 e. The van der Waals surface area contributed by atoms with Gasteiger partial charge >= 0.3 is 12.1 Å². The van der Waals surface area contributed by atoms with Crippen LogP contribution in [0.15, 0.2) is 78.1 Å². The second kappa shape index (κ2) is 9.38. The molecule has 0 radical (unpaired) electrons. The van der Waals surface area contributed by atoms with Gasteiger partial charge in [0, 0.05) is 0 Å². The number of aliphatic imine (C=N–C) groups is 1. The highest BCUT2D eigenvalue weighted by Gasteiger charge is 2.33. The minimum atomic E-state index is -4.66. The number of nitrogens with one attached hydrogen (secondary N) is 1. The molecule has 0 saturated carbocycles. The Morgan fingerprint density at radius 3 is 2.44 bits per heavy atom. The molecule has 3 rings (SSSR count). The number of benzene rings is 2. The van der Waals surface area contributed by atoms with Gasteiger partial charge in [0.05, 0.1) is 36.7 Å². The van der Waals surface area contributed by atoms with Gasteiger partial charge in [0.25, 0.3) is 0 Å². The van der Waals surface area contributed by atoms with Crippen LogP contribution in [-0.2, 0) is 11.3 Å². The van der Waals surface area contributed by atoms with Gasteiger partial charge in [0.1, 0.15) is 17.4 Å². The summed E-state index contributed by atoms with van der Waals surface area (Å²) in [4.78, 5) is 15.8. The number of ether oxygens (including phenoxy) is 1. The van der Waals surface area contributed by atoms with E-state index in [1.54, 1.807) is 0 Å². The second-order valence-electron chi connectivity index (χ2n) is 6.69. The zero-order chi connectivity index (χ0) is 23.3. The Bertz CT molecular complexity index is 1140. The summed E-state index contributed by atoms with van der Waals surface area (Å²) >= 11 is 0. The number of allylic oxidation sites excluding steroid dienone is 1. The van der Waals surface area contributed by atoms with Crippen molar-refractivity contribution >= 4 is 23.3 Å². The molecule has 32 heavy (non-hydrogen) atoms. The van der Waals surface area contributed by atoms with Gasteiger partial charge in [-0.1, -0.05) is 36.9 Å². The number of aromatic nitrogens is 2. The molecule has 0 aliphatic carbocycles. The van der Waals surface area contributed by atoms with Crippen LogP contribution in [0.3, 0.4) is 0 Å². The van der Waals surface area contributed by atoms with Gasteiger partial charge in [-0.05, 0) is 29.8 Å². The van der Waals surface area contributed by atoms with Gasteiger partial charge in [-0.15, -0.1) is 0 Å². The first-order chi connectivity index (χ1) is 15.2. The summed E-state index contributed by atoms with van der Waals surface area (Å²) in [5.41, 5.74) is 6.65. The molecule has 166 valence electrons. The lowest BCUT2D eigenvalue weighted by atomic mass is 10.2. The number of hydrogen-bond acceptors (Lipinski definition) is 5. The lowest BCUT2D eigenvalue weighted by Crippen LogP contribution is -2.22. The van der Waals surface area contributed by atoms with Crippen molar-refractivity contribution in [2.75, 3.05) is 12.4 Å². The van der Waals surface area contributed by atoms with Crippen LogP contribution in [0, 0.1) is 0 Å². The summed E-state index contributed by atoms with van der Waals surface area (Å²) in [6.45, 7) is 3.27. The standard InChI is InChI=1S/C22H20F3N5O2/c1-14(22(23,24)25)28-20-18(12-27-30(20)13-15-6-4-3-5-7-15)19(26)29-17-10-8-16(9-11-17)21(31)32-2/h3-12,28H,1,13H2,2H3,(H2,26,29). The summed E-state index contributed by atoms with van der Waals surface area (Å²) in [7, 11) is 1.27. The number of amidine groups is 1. The summed E-state index contributed by atoms with van der Waals surface area (Å²) < 4.78 is 45.4. The molecule has 1 aromatic heterocycles. The van der Waals surface area contributed by atoms with Crippen molar-refractivity contribution in [3.63, 3.8) is 0 Å². The molecule has 0 aliphatic heterocycles. The molecule has 0 fully saturated rings. The van der Waals surface area contributed by atoms with E-state index in [0.717, 1.165) is 5.56 Å². The predicted octanol–water partition coefficient (Wildman–Crippen LogP) is 4.24. The smallest absolute Gasteiger partial charge is 0.430 e. The van der Waals surface area contributed by atoms with Crippen molar-refractivity contribution in [3.8, 4) is 0 Å². The minimum Gasteiger partial charge on any atom is -0.465 e. The molecule has 3 N–H and O–H groups in total. The third-order valence-electron chi connectivity index (χ3n) is 4.44. The first-order valence-electron chi connectivity index (χ1n) is 9.35. The Morgan fingerprint density at radius 2 is 1.84 bits per heavy atom. The number of rotatable bonds is 7. The van der Waals surface area contributed by atoms with E-state index < -0.39 is 17.8 Å². The number of alkyl halides is 3. The molecule has 0 aliphatic rings. The Kier molecular flexibility index (Phi) is 6.62. The second-order valence-corrected chi connectivity index (χ2v) is 6.69. The number of anilines is 1. The van der Waals surface area contributed by atoms with Crippen LogP contribution in [-0.4, -0.2) is 34.9 Å². The summed E-state index contributed by atoms with van der Waals surface area (Å²) in [5.74, 6) is -0.566. The number of esters is 1. The van der Waals surface area contributed by atoms with Gasteiger partial charge in [0.2, 0.25) is 0 Å². The maximum absolute atomic E-state index is 13.1. The van der Waals surface area contributed by atoms with E-state index in [-0.39, 0.29) is 23.8 Å². The quantitative estimate of drug-likeness (QED) is 0.324. The van der Waals surface area contributed by atoms with Crippen molar-refractivity contribution in [1.29, 1.82) is 0 Å². The topological polar surface area (TPSA) is 94.5 Å². The Morgan fingerprint density at radius 1 is 1.19 bits per heavy atom. The van der Waals surface area contributed by atoms with E-state index in [4.69, 9.17) is 5.73 Å². The fourth-order valence-electron chi connectivity index (χ4n) is 2.78. The maximum atomic E-state index is 13.1. The fourth-order valence-corrected chi connectivity index (χ4v) is 2.78. The monoisotopic (exact) mass is 443 g/mol. The zero-order valence-electron chi connectivity index (χ0n) is 17.1. The lowest BCUT2D eigenvalue weighted by molar-refractivity contribution is -0.0899. The molecule has 0 atom stereocenters. The molecule has 3 aromatic rings. The van der Waals surface area contributed by atoms with Crippen molar-refractivity contribution in [2.45, 2.75) is 12.7 Å². The third-order valence-corrected chi connectivity index (χ3v) is 4.44. The van der Waals surface area contributed by atoms with Crippen LogP contribution < -0.4 is 11.1 Å². The van der Waals surface area contributed by atoms with E-state index in [1.165, 1.54) is 42.3 Å². The lowest BCUT2D eigenvalue weighted by Gasteiger charge is -2.16. The van der Waals surface area contributed by atoms with Crippen molar-refractivity contribution < 1.29 is 22.7 Å². The number of nitrogens with two attached hydrogens (primary N) is 1. The number of halogens is 3. The van der Waals surface area contributed by atoms with Crippen LogP contribution in [0.2, 0.25) is 0 Å². The van der Waals surface area contributed by atoms with Gasteiger partial charge in [-0.3, -0.25) is 0 Å². The highest BCUT2D eigenvalue weighted by Crippen LogP contribution is 2.28. The van der Waals surface area contributed by atoms with E-state index in [2.05, 4.69) is 26.7 Å². The minimum absolute atomic E-state index is 0.00334. The summed E-state index contributed by atoms with van der Waals surface area (Å²) in [5, 5.41) is 6.46. The maximum Gasteiger partial charge on any atom is 0.430 e. The highest BCUT2D eigenvalue weighted by molar-refractivity contribution is 6.03. The van der Waals surface area contributed by atoms with E-state index in [9.17, 15) is 18.0 Å². The molecule has 10 heteroatoms. The molecule has 0 amide bonds. The molecule has 0 spiro atoms. The molecular formula is C22H20F3N5O2. The van der Waals surface area contributed by atoms with Crippen LogP contribution in [0.25, 0.3) is 0 Å². The predicted molar refractivity (Wildman–Crippen MR) is 115 cm³/mol. The molecular weight excluding hydrogens is 423 g/mol. The van der Waals surface area contributed by atoms with Crippen LogP contribution >= 0.6 is 0 Å². The Hall–Kier alpha value is -4.08. The highest BCUT2D eigenvalue weighted by atomic mass is 19.4. The Balaban J connectivity index is 1.96. The zero-order valence-corrected chi connectivity index (χ0v) is 17.1. The van der Waals surface area contributed by atoms with Gasteiger partial charge in [-0.2, -0.15) is 18.3 Å². The normalized spacial score (nSPS) is 11.8. The van der Waals surface area contributed by atoms with E-state index >= 15 is 0 Å². The number of carbonyl (C=O) groups excluding carboxylic acids is 1. The van der Waals surface area contributed by atoms with Crippen LogP contribution in [0.5, 0.6) is 0 Å². The van der Waals surface area contributed by atoms with Crippen molar-refractivity contribution in [3.05, 3.63) is 89.8 Å². The van der Waals surface area contributed by atoms with Gasteiger partial charge in [-0.25, -0.2) is 14.5 Å². The van der Waals surface area contributed by atoms with Crippen molar-refractivity contribution in [2.24, 2.45) is 10.7 Å². The Labute approximate surface area is 182 Å². The molecule has 1 heterocycles. The number of hydrogen-bond donors (Lipinski definition) is 2. The first-order valence-corrected chi connectivity index (χ1v) is 9.35. The molecule has 0 bridgehead atoms. The SMILES string of the molecule is C=C(Nc1c(C(N)=Nc2ccc(C(=O)OC)cc2)cnn1Cc1ccccc1)C(F)(F)F. The fraction of sp³-hybridized carbons (Fsp3) is 0.136. The van der Waals surface area contributed by atoms with Gasteiger partial charge in [0.15, 0.2) is 0 Å². The van der Waals surface area contributed by atoms with E-state index in [1.807, 2.05) is 30.3 Å². The van der Waals surface area contributed by atoms with Gasteiger partial charge < -0.3 is 15.8 Å². The molecule has 7 nitrogen and oxygen atoms in total. The summed E-state index contributed by atoms with van der Waals surface area (Å²) in [6.07, 6.45) is -3.33. The molecule has 0 unspecified atom stereocenters. The summed E-state index contributed by atoms with van der Waals surface area (Å²) in [6, 6.07) is 15.2. The number of methoxy groups -OCH3 is 1. The van der Waals surface area contributed by atoms with Crippen molar-refractivity contribution in [1.82, 2.24) is 9.78 Å². The molecule has 2 aromatic carbocycles. The average molecular weight is 443 g/mol. The van der Waals surface area contributed by atoms with Crippen LogP contribution in [0.4, 0.5) is 24.7 Å². The first kappa shape index (κ1) is 22.6. The average Bonchev–Trinajstić information content (AvgIpc) is 3.16. The van der Waals surface area contributed by atoms with E-state index in [0.29, 0.717) is 11.3 Å². The molecule has 0 saturated heterocycles.